The van der Waals surface area contributed by atoms with Gasteiger partial charge in [0.1, 0.15) is 17.7 Å². The lowest BCUT2D eigenvalue weighted by atomic mass is 10.0. The molecule has 1 atom stereocenters. The predicted molar refractivity (Wildman–Crippen MR) is 114 cm³/mol. The number of alkyl halides is 3. The number of benzene rings is 2. The molecule has 0 spiro atoms. The van der Waals surface area contributed by atoms with E-state index in [9.17, 15) is 31.5 Å². The van der Waals surface area contributed by atoms with E-state index >= 15 is 0 Å². The van der Waals surface area contributed by atoms with E-state index < -0.39 is 29.4 Å². The fourth-order valence-corrected chi connectivity index (χ4v) is 3.86. The van der Waals surface area contributed by atoms with E-state index in [0.29, 0.717) is 35.9 Å². The van der Waals surface area contributed by atoms with Crippen LogP contribution in [0.2, 0.25) is 0 Å². The van der Waals surface area contributed by atoms with Gasteiger partial charge in [-0.25, -0.2) is 8.78 Å². The number of carbonyl (C=O) groups excluding carboxylic acids is 2. The van der Waals surface area contributed by atoms with Crippen molar-refractivity contribution in [2.75, 3.05) is 6.54 Å². The maximum Gasteiger partial charge on any atom is 0.416 e. The second kappa shape index (κ2) is 9.28. The van der Waals surface area contributed by atoms with Gasteiger partial charge in [0.2, 0.25) is 11.8 Å². The monoisotopic (exact) mass is 477 g/mol. The fourth-order valence-electron chi connectivity index (χ4n) is 3.86. The average Bonchev–Trinajstić information content (AvgIpc) is 3.38. The molecule has 1 aliphatic heterocycles. The summed E-state index contributed by atoms with van der Waals surface area (Å²) in [6.45, 7) is 0.472. The number of amides is 2. The molecule has 10 heteroatoms. The molecule has 1 unspecified atom stereocenters. The molecule has 178 valence electrons. The van der Waals surface area contributed by atoms with Crippen molar-refractivity contribution >= 4 is 11.8 Å². The fraction of sp³-hybridized carbons (Fsp3) is 0.250. The molecule has 1 fully saturated rings. The SMILES string of the molecule is O=C(CCc1cc(-c2ccc(F)cc2)[nH]c1-c1ccc(C(F)(F)F)cc1F)NC1CCNC1=O. The van der Waals surface area contributed by atoms with E-state index in [2.05, 4.69) is 15.6 Å². The summed E-state index contributed by atoms with van der Waals surface area (Å²) in [6.07, 6.45) is -4.11. The van der Waals surface area contributed by atoms with E-state index in [0.717, 1.165) is 12.1 Å². The average molecular weight is 477 g/mol. The van der Waals surface area contributed by atoms with Crippen LogP contribution in [0.1, 0.15) is 24.0 Å². The van der Waals surface area contributed by atoms with Crippen molar-refractivity contribution in [1.29, 1.82) is 0 Å². The van der Waals surface area contributed by atoms with Gasteiger partial charge in [-0.3, -0.25) is 9.59 Å². The smallest absolute Gasteiger partial charge is 0.354 e. The Balaban J connectivity index is 1.63. The third-order valence-corrected chi connectivity index (χ3v) is 5.63. The number of rotatable bonds is 6. The first-order valence-corrected chi connectivity index (χ1v) is 10.5. The molecule has 2 heterocycles. The van der Waals surface area contributed by atoms with Crippen LogP contribution in [0.4, 0.5) is 22.0 Å². The minimum atomic E-state index is -4.69. The topological polar surface area (TPSA) is 74.0 Å². The molecule has 0 saturated carbocycles. The van der Waals surface area contributed by atoms with Crippen LogP contribution in [0.15, 0.2) is 48.5 Å². The molecule has 0 aliphatic carbocycles. The Bertz CT molecular complexity index is 1220. The Morgan fingerprint density at radius 2 is 1.79 bits per heavy atom. The number of nitrogens with one attached hydrogen (secondary N) is 3. The van der Waals surface area contributed by atoms with E-state index in [-0.39, 0.29) is 35.9 Å². The number of hydrogen-bond donors (Lipinski definition) is 3. The second-order valence-corrected chi connectivity index (χ2v) is 7.98. The molecule has 5 nitrogen and oxygen atoms in total. The molecule has 2 amide bonds. The quantitative estimate of drug-likeness (QED) is 0.455. The van der Waals surface area contributed by atoms with Crippen LogP contribution in [-0.4, -0.2) is 29.4 Å². The van der Waals surface area contributed by atoms with Crippen molar-refractivity contribution < 1.29 is 31.5 Å². The van der Waals surface area contributed by atoms with Gasteiger partial charge < -0.3 is 15.6 Å². The third-order valence-electron chi connectivity index (χ3n) is 5.63. The highest BCUT2D eigenvalue weighted by Crippen LogP contribution is 2.35. The van der Waals surface area contributed by atoms with Gasteiger partial charge >= 0.3 is 6.18 Å². The summed E-state index contributed by atoms with van der Waals surface area (Å²) >= 11 is 0. The summed E-state index contributed by atoms with van der Waals surface area (Å²) in [5.41, 5.74) is 0.566. The number of carbonyl (C=O) groups is 2. The third kappa shape index (κ3) is 5.11. The first-order valence-electron chi connectivity index (χ1n) is 10.5. The van der Waals surface area contributed by atoms with Crippen LogP contribution < -0.4 is 10.6 Å². The Kier molecular flexibility index (Phi) is 6.41. The Labute approximate surface area is 191 Å². The zero-order valence-corrected chi connectivity index (χ0v) is 17.7. The Hall–Kier alpha value is -3.69. The molecular weight excluding hydrogens is 457 g/mol. The summed E-state index contributed by atoms with van der Waals surface area (Å²) in [5.74, 6) is -2.17. The summed E-state index contributed by atoms with van der Waals surface area (Å²) in [5, 5.41) is 5.26. The van der Waals surface area contributed by atoms with Crippen molar-refractivity contribution in [1.82, 2.24) is 15.6 Å². The molecule has 34 heavy (non-hydrogen) atoms. The number of hydrogen-bond acceptors (Lipinski definition) is 2. The molecular formula is C24H20F5N3O2. The Morgan fingerprint density at radius 3 is 2.41 bits per heavy atom. The maximum absolute atomic E-state index is 14.7. The molecule has 2 aromatic carbocycles. The summed E-state index contributed by atoms with van der Waals surface area (Å²) in [6, 6.07) is 8.77. The zero-order valence-electron chi connectivity index (χ0n) is 17.7. The van der Waals surface area contributed by atoms with Crippen LogP contribution in [0.5, 0.6) is 0 Å². The molecule has 3 N–H and O–H groups in total. The van der Waals surface area contributed by atoms with Crippen LogP contribution in [0.3, 0.4) is 0 Å². The van der Waals surface area contributed by atoms with Gasteiger partial charge in [0, 0.05) is 24.2 Å². The first-order chi connectivity index (χ1) is 16.1. The minimum Gasteiger partial charge on any atom is -0.354 e. The van der Waals surface area contributed by atoms with Gasteiger partial charge in [-0.15, -0.1) is 0 Å². The van der Waals surface area contributed by atoms with Crippen molar-refractivity contribution in [2.24, 2.45) is 0 Å². The van der Waals surface area contributed by atoms with E-state index in [1.807, 2.05) is 0 Å². The van der Waals surface area contributed by atoms with Gasteiger partial charge in [-0.2, -0.15) is 13.2 Å². The standard InChI is InChI=1S/C24H20F5N3O2/c25-16-5-1-13(2-6-16)20-11-14(3-8-21(33)31-19-9-10-30-23(19)34)22(32-20)17-7-4-15(12-18(17)26)24(27,28)29/h1-2,4-7,11-12,19,32H,3,8-10H2,(H,30,34)(H,31,33). The van der Waals surface area contributed by atoms with Crippen LogP contribution in [0, 0.1) is 11.6 Å². The summed E-state index contributed by atoms with van der Waals surface area (Å²) in [4.78, 5) is 27.0. The van der Waals surface area contributed by atoms with Gasteiger partial charge in [0.25, 0.3) is 0 Å². The molecule has 3 aromatic rings. The van der Waals surface area contributed by atoms with Crippen LogP contribution in [-0.2, 0) is 22.2 Å². The van der Waals surface area contributed by atoms with Crippen LogP contribution >= 0.6 is 0 Å². The van der Waals surface area contributed by atoms with Crippen molar-refractivity contribution in [2.45, 2.75) is 31.5 Å². The molecule has 0 radical (unpaired) electrons. The molecule has 1 aliphatic rings. The lowest BCUT2D eigenvalue weighted by molar-refractivity contribution is -0.137. The lowest BCUT2D eigenvalue weighted by Crippen LogP contribution is -2.40. The number of halogens is 5. The lowest BCUT2D eigenvalue weighted by Gasteiger charge is -2.11. The van der Waals surface area contributed by atoms with E-state index in [1.165, 1.54) is 24.3 Å². The second-order valence-electron chi connectivity index (χ2n) is 7.98. The number of aromatic nitrogens is 1. The molecule has 1 aromatic heterocycles. The van der Waals surface area contributed by atoms with Gasteiger partial charge in [-0.1, -0.05) is 0 Å². The molecule has 4 rings (SSSR count). The van der Waals surface area contributed by atoms with Crippen molar-refractivity contribution in [3.8, 4) is 22.5 Å². The van der Waals surface area contributed by atoms with Gasteiger partial charge in [0.15, 0.2) is 0 Å². The predicted octanol–water partition coefficient (Wildman–Crippen LogP) is 4.58. The Morgan fingerprint density at radius 1 is 1.06 bits per heavy atom. The zero-order chi connectivity index (χ0) is 24.5. The summed E-state index contributed by atoms with van der Waals surface area (Å²) < 4.78 is 66.9. The number of aryl methyl sites for hydroxylation is 1. The molecule has 1 saturated heterocycles. The number of aromatic amines is 1. The first kappa shape index (κ1) is 23.5. The van der Waals surface area contributed by atoms with E-state index in [4.69, 9.17) is 0 Å². The summed E-state index contributed by atoms with van der Waals surface area (Å²) in [7, 11) is 0. The highest BCUT2D eigenvalue weighted by molar-refractivity contribution is 5.89. The highest BCUT2D eigenvalue weighted by atomic mass is 19.4. The minimum absolute atomic E-state index is 0.0280. The van der Waals surface area contributed by atoms with Crippen molar-refractivity contribution in [3.05, 3.63) is 71.3 Å². The van der Waals surface area contributed by atoms with Crippen LogP contribution in [0.25, 0.3) is 22.5 Å². The largest absolute Gasteiger partial charge is 0.416 e. The normalized spacial score (nSPS) is 15.9. The maximum atomic E-state index is 14.7. The van der Waals surface area contributed by atoms with E-state index in [1.54, 1.807) is 6.07 Å². The van der Waals surface area contributed by atoms with Crippen molar-refractivity contribution in [3.63, 3.8) is 0 Å². The van der Waals surface area contributed by atoms with Gasteiger partial charge in [0.05, 0.1) is 11.3 Å². The molecule has 0 bridgehead atoms. The van der Waals surface area contributed by atoms with Gasteiger partial charge in [-0.05, 0) is 72.5 Å². The highest BCUT2D eigenvalue weighted by Gasteiger charge is 2.31. The number of H-pyrrole nitrogens is 1.